The van der Waals surface area contributed by atoms with Crippen LogP contribution in [0.5, 0.6) is 11.5 Å². The summed E-state index contributed by atoms with van der Waals surface area (Å²) in [6.07, 6.45) is 0. The highest BCUT2D eigenvalue weighted by molar-refractivity contribution is 5.37. The van der Waals surface area contributed by atoms with Gasteiger partial charge in [0.15, 0.2) is 0 Å². The predicted octanol–water partition coefficient (Wildman–Crippen LogP) is 3.69. The van der Waals surface area contributed by atoms with Gasteiger partial charge >= 0.3 is 0 Å². The number of benzene rings is 2. The molecule has 0 unspecified atom stereocenters. The number of nitrogens with one attached hydrogen (secondary N) is 1. The lowest BCUT2D eigenvalue weighted by Gasteiger charge is -2.11. The zero-order valence-electron chi connectivity index (χ0n) is 13.0. The molecule has 3 heteroatoms. The number of hydrogen-bond donors (Lipinski definition) is 1. The van der Waals surface area contributed by atoms with Crippen LogP contribution in [-0.2, 0) is 13.2 Å². The van der Waals surface area contributed by atoms with Crippen molar-refractivity contribution in [2.75, 3.05) is 13.7 Å². The lowest BCUT2D eigenvalue weighted by Crippen LogP contribution is -2.11. The monoisotopic (exact) mass is 285 g/mol. The molecule has 112 valence electrons. The van der Waals surface area contributed by atoms with E-state index < -0.39 is 0 Å². The van der Waals surface area contributed by atoms with Crippen molar-refractivity contribution in [1.82, 2.24) is 5.32 Å². The highest BCUT2D eigenvalue weighted by Gasteiger charge is 2.04. The molecule has 1 N–H and O–H groups in total. The molecular formula is C18H23NO2. The van der Waals surface area contributed by atoms with E-state index in [1.165, 1.54) is 11.1 Å². The lowest BCUT2D eigenvalue weighted by atomic mass is 10.1. The largest absolute Gasteiger partial charge is 0.496 e. The molecule has 2 aromatic rings. The van der Waals surface area contributed by atoms with E-state index >= 15 is 0 Å². The van der Waals surface area contributed by atoms with Crippen LogP contribution in [0.1, 0.15) is 23.6 Å². The Morgan fingerprint density at radius 3 is 2.48 bits per heavy atom. The van der Waals surface area contributed by atoms with E-state index in [2.05, 4.69) is 37.4 Å². The Kier molecular flexibility index (Phi) is 5.64. The Morgan fingerprint density at radius 1 is 1.05 bits per heavy atom. The SMILES string of the molecule is CCNCc1ccc(OCc2cc(C)ccc2OC)cc1. The quantitative estimate of drug-likeness (QED) is 0.841. The molecule has 0 aliphatic rings. The molecule has 0 spiro atoms. The zero-order valence-corrected chi connectivity index (χ0v) is 13.0. The first kappa shape index (κ1) is 15.4. The molecule has 0 amide bonds. The minimum atomic E-state index is 0.511. The predicted molar refractivity (Wildman–Crippen MR) is 85.9 cm³/mol. The number of aryl methyl sites for hydroxylation is 1. The average molecular weight is 285 g/mol. The molecule has 0 fully saturated rings. The maximum Gasteiger partial charge on any atom is 0.125 e. The molecule has 2 rings (SSSR count). The van der Waals surface area contributed by atoms with Gasteiger partial charge in [-0.05, 0) is 43.3 Å². The van der Waals surface area contributed by atoms with Crippen molar-refractivity contribution in [3.05, 3.63) is 59.2 Å². The normalized spacial score (nSPS) is 10.4. The van der Waals surface area contributed by atoms with Gasteiger partial charge in [-0.1, -0.05) is 30.7 Å². The van der Waals surface area contributed by atoms with E-state index in [4.69, 9.17) is 9.47 Å². The summed E-state index contributed by atoms with van der Waals surface area (Å²) in [6.45, 7) is 6.55. The molecule has 0 bridgehead atoms. The van der Waals surface area contributed by atoms with Gasteiger partial charge in [-0.2, -0.15) is 0 Å². The summed E-state index contributed by atoms with van der Waals surface area (Å²) in [6, 6.07) is 14.3. The molecule has 21 heavy (non-hydrogen) atoms. The molecule has 0 aromatic heterocycles. The molecule has 0 radical (unpaired) electrons. The first-order valence-corrected chi connectivity index (χ1v) is 7.29. The Hall–Kier alpha value is -2.00. The van der Waals surface area contributed by atoms with Gasteiger partial charge in [0, 0.05) is 12.1 Å². The van der Waals surface area contributed by atoms with Crippen molar-refractivity contribution < 1.29 is 9.47 Å². The highest BCUT2D eigenvalue weighted by atomic mass is 16.5. The standard InChI is InChI=1S/C18H23NO2/c1-4-19-12-15-6-8-17(9-7-15)21-13-16-11-14(2)5-10-18(16)20-3/h5-11,19H,4,12-13H2,1-3H3. The third kappa shape index (κ3) is 4.50. The van der Waals surface area contributed by atoms with E-state index in [9.17, 15) is 0 Å². The van der Waals surface area contributed by atoms with Crippen LogP contribution in [0, 0.1) is 6.92 Å². The first-order valence-electron chi connectivity index (χ1n) is 7.29. The van der Waals surface area contributed by atoms with Crippen LogP contribution < -0.4 is 14.8 Å². The first-order chi connectivity index (χ1) is 10.2. The molecule has 0 saturated heterocycles. The minimum Gasteiger partial charge on any atom is -0.496 e. The van der Waals surface area contributed by atoms with Crippen molar-refractivity contribution in [2.24, 2.45) is 0 Å². The van der Waals surface area contributed by atoms with Crippen LogP contribution >= 0.6 is 0 Å². The summed E-state index contributed by atoms with van der Waals surface area (Å²) in [5.74, 6) is 1.74. The second-order valence-corrected chi connectivity index (χ2v) is 5.03. The molecular weight excluding hydrogens is 262 g/mol. The Labute approximate surface area is 126 Å². The van der Waals surface area contributed by atoms with Gasteiger partial charge in [-0.15, -0.1) is 0 Å². The average Bonchev–Trinajstić information content (AvgIpc) is 2.52. The Balaban J connectivity index is 1.98. The van der Waals surface area contributed by atoms with Gasteiger partial charge in [-0.25, -0.2) is 0 Å². The van der Waals surface area contributed by atoms with Crippen molar-refractivity contribution in [3.63, 3.8) is 0 Å². The van der Waals surface area contributed by atoms with Crippen LogP contribution in [0.2, 0.25) is 0 Å². The number of rotatable bonds is 7. The molecule has 0 atom stereocenters. The number of hydrogen-bond acceptors (Lipinski definition) is 3. The second kappa shape index (κ2) is 7.70. The Bertz CT molecular complexity index is 564. The van der Waals surface area contributed by atoms with Gasteiger partial charge in [0.25, 0.3) is 0 Å². The summed E-state index contributed by atoms with van der Waals surface area (Å²) < 4.78 is 11.2. The number of ether oxygens (including phenoxy) is 2. The minimum absolute atomic E-state index is 0.511. The topological polar surface area (TPSA) is 30.5 Å². The summed E-state index contributed by atoms with van der Waals surface area (Å²) in [5, 5.41) is 3.31. The fourth-order valence-corrected chi connectivity index (χ4v) is 2.15. The van der Waals surface area contributed by atoms with Gasteiger partial charge in [0.2, 0.25) is 0 Å². The van der Waals surface area contributed by atoms with Crippen molar-refractivity contribution >= 4 is 0 Å². The van der Waals surface area contributed by atoms with E-state index in [0.717, 1.165) is 30.2 Å². The fourth-order valence-electron chi connectivity index (χ4n) is 2.15. The fraction of sp³-hybridized carbons (Fsp3) is 0.333. The number of methoxy groups -OCH3 is 1. The zero-order chi connectivity index (χ0) is 15.1. The van der Waals surface area contributed by atoms with Crippen molar-refractivity contribution in [1.29, 1.82) is 0 Å². The molecule has 3 nitrogen and oxygen atoms in total. The third-order valence-electron chi connectivity index (χ3n) is 3.33. The summed E-state index contributed by atoms with van der Waals surface area (Å²) in [4.78, 5) is 0. The maximum absolute atomic E-state index is 5.85. The Morgan fingerprint density at radius 2 is 1.81 bits per heavy atom. The molecule has 0 aliphatic heterocycles. The van der Waals surface area contributed by atoms with Crippen molar-refractivity contribution in [2.45, 2.75) is 27.0 Å². The third-order valence-corrected chi connectivity index (χ3v) is 3.33. The van der Waals surface area contributed by atoms with Gasteiger partial charge in [0.1, 0.15) is 18.1 Å². The van der Waals surface area contributed by atoms with Crippen LogP contribution in [-0.4, -0.2) is 13.7 Å². The van der Waals surface area contributed by atoms with Gasteiger partial charge in [-0.3, -0.25) is 0 Å². The van der Waals surface area contributed by atoms with E-state index in [1.54, 1.807) is 7.11 Å². The van der Waals surface area contributed by atoms with E-state index in [-0.39, 0.29) is 0 Å². The van der Waals surface area contributed by atoms with Gasteiger partial charge < -0.3 is 14.8 Å². The van der Waals surface area contributed by atoms with Crippen LogP contribution in [0.25, 0.3) is 0 Å². The van der Waals surface area contributed by atoms with Crippen molar-refractivity contribution in [3.8, 4) is 11.5 Å². The summed E-state index contributed by atoms with van der Waals surface area (Å²) >= 11 is 0. The molecule has 0 aliphatic carbocycles. The smallest absolute Gasteiger partial charge is 0.125 e. The van der Waals surface area contributed by atoms with E-state index in [1.807, 2.05) is 24.3 Å². The second-order valence-electron chi connectivity index (χ2n) is 5.03. The van der Waals surface area contributed by atoms with Crippen LogP contribution in [0.3, 0.4) is 0 Å². The van der Waals surface area contributed by atoms with Crippen LogP contribution in [0.15, 0.2) is 42.5 Å². The lowest BCUT2D eigenvalue weighted by molar-refractivity contribution is 0.296. The molecule has 0 saturated carbocycles. The summed E-state index contributed by atoms with van der Waals surface area (Å²) in [7, 11) is 1.68. The maximum atomic E-state index is 5.85. The van der Waals surface area contributed by atoms with Gasteiger partial charge in [0.05, 0.1) is 7.11 Å². The van der Waals surface area contributed by atoms with E-state index in [0.29, 0.717) is 6.61 Å². The molecule has 0 heterocycles. The highest BCUT2D eigenvalue weighted by Crippen LogP contribution is 2.22. The molecule has 2 aromatic carbocycles. The summed E-state index contributed by atoms with van der Waals surface area (Å²) in [5.41, 5.74) is 3.53. The van der Waals surface area contributed by atoms with Crippen LogP contribution in [0.4, 0.5) is 0 Å².